The van der Waals surface area contributed by atoms with Crippen LogP contribution in [0.5, 0.6) is 11.5 Å². The van der Waals surface area contributed by atoms with Crippen molar-refractivity contribution in [1.82, 2.24) is 10.2 Å². The van der Waals surface area contributed by atoms with E-state index in [0.29, 0.717) is 18.7 Å². The molecule has 6 nitrogen and oxygen atoms in total. The third-order valence-corrected chi connectivity index (χ3v) is 5.26. The highest BCUT2D eigenvalue weighted by Gasteiger charge is 2.28. The molecule has 1 N–H and O–H groups in total. The fourth-order valence-corrected chi connectivity index (χ4v) is 3.39. The number of likely N-dealkylation sites (N-methyl/N-ethyl adjacent to an activating group) is 1. The fraction of sp³-hybridized carbons (Fsp3) is 0.417. The van der Waals surface area contributed by atoms with E-state index >= 15 is 0 Å². The van der Waals surface area contributed by atoms with Crippen molar-refractivity contribution < 1.29 is 19.1 Å². The van der Waals surface area contributed by atoms with E-state index in [9.17, 15) is 9.59 Å². The number of nitrogens with one attached hydrogen (secondary N) is 1. The van der Waals surface area contributed by atoms with Crippen LogP contribution in [0.2, 0.25) is 0 Å². The van der Waals surface area contributed by atoms with E-state index < -0.39 is 6.04 Å². The van der Waals surface area contributed by atoms with Crippen LogP contribution in [0.1, 0.15) is 35.6 Å². The summed E-state index contributed by atoms with van der Waals surface area (Å²) in [5, 5.41) is 2.66. The molecule has 162 valence electrons. The number of hydrogen-bond donors (Lipinski definition) is 1. The zero-order valence-electron chi connectivity index (χ0n) is 18.7. The molecule has 0 aliphatic heterocycles. The number of amides is 2. The van der Waals surface area contributed by atoms with Crippen LogP contribution in [0.15, 0.2) is 36.4 Å². The second kappa shape index (κ2) is 10.7. The summed E-state index contributed by atoms with van der Waals surface area (Å²) in [7, 11) is 3.19. The van der Waals surface area contributed by atoms with Crippen molar-refractivity contribution in [2.24, 2.45) is 0 Å². The molecule has 2 aromatic carbocycles. The maximum atomic E-state index is 13.1. The van der Waals surface area contributed by atoms with E-state index in [-0.39, 0.29) is 18.4 Å². The van der Waals surface area contributed by atoms with Gasteiger partial charge in [-0.25, -0.2) is 0 Å². The normalized spacial score (nSPS) is 11.5. The number of hydrogen-bond acceptors (Lipinski definition) is 4. The van der Waals surface area contributed by atoms with Crippen molar-refractivity contribution in [3.63, 3.8) is 0 Å². The van der Waals surface area contributed by atoms with Crippen LogP contribution < -0.4 is 14.8 Å². The molecule has 0 fully saturated rings. The van der Waals surface area contributed by atoms with Crippen LogP contribution in [0.4, 0.5) is 0 Å². The minimum absolute atomic E-state index is 0.132. The first-order valence-electron chi connectivity index (χ1n) is 10.1. The average Bonchev–Trinajstić information content (AvgIpc) is 2.74. The topological polar surface area (TPSA) is 67.9 Å². The Kier molecular flexibility index (Phi) is 8.27. The quantitative estimate of drug-likeness (QED) is 0.684. The summed E-state index contributed by atoms with van der Waals surface area (Å²) in [4.78, 5) is 27.2. The molecule has 0 aromatic heterocycles. The number of nitrogens with zero attached hydrogens (tertiary/aromatic N) is 1. The molecule has 30 heavy (non-hydrogen) atoms. The molecule has 0 aliphatic carbocycles. The highest BCUT2D eigenvalue weighted by atomic mass is 16.5. The van der Waals surface area contributed by atoms with Gasteiger partial charge < -0.3 is 19.7 Å². The minimum Gasteiger partial charge on any atom is -0.497 e. The molecule has 2 rings (SSSR count). The highest BCUT2D eigenvalue weighted by molar-refractivity contribution is 5.88. The molecule has 0 spiro atoms. The Bertz CT molecular complexity index is 878. The smallest absolute Gasteiger partial charge is 0.261 e. The van der Waals surface area contributed by atoms with Crippen molar-refractivity contribution >= 4 is 11.8 Å². The number of ether oxygens (including phenoxy) is 2. The van der Waals surface area contributed by atoms with Crippen molar-refractivity contribution in [1.29, 1.82) is 0 Å². The molecule has 0 bridgehead atoms. The zero-order chi connectivity index (χ0) is 22.3. The Morgan fingerprint density at radius 3 is 2.33 bits per heavy atom. The lowest BCUT2D eigenvalue weighted by Gasteiger charge is -2.30. The predicted molar refractivity (Wildman–Crippen MR) is 118 cm³/mol. The van der Waals surface area contributed by atoms with Gasteiger partial charge in [-0.15, -0.1) is 0 Å². The van der Waals surface area contributed by atoms with Crippen molar-refractivity contribution in [2.45, 2.75) is 46.7 Å². The summed E-state index contributed by atoms with van der Waals surface area (Å²) in [6.07, 6.45) is 0.504. The lowest BCUT2D eigenvalue weighted by Crippen LogP contribution is -2.49. The molecule has 2 aromatic rings. The van der Waals surface area contributed by atoms with Gasteiger partial charge in [0.05, 0.1) is 7.11 Å². The third kappa shape index (κ3) is 5.75. The molecule has 2 amide bonds. The van der Waals surface area contributed by atoms with Gasteiger partial charge in [0.2, 0.25) is 5.91 Å². The molecule has 6 heteroatoms. The number of carbonyl (C=O) groups excluding carboxylic acids is 2. The highest BCUT2D eigenvalue weighted by Crippen LogP contribution is 2.24. The number of methoxy groups -OCH3 is 1. The summed E-state index contributed by atoms with van der Waals surface area (Å²) in [5.74, 6) is 1.00. The second-order valence-electron chi connectivity index (χ2n) is 7.40. The van der Waals surface area contributed by atoms with Gasteiger partial charge in [-0.05, 0) is 67.6 Å². The van der Waals surface area contributed by atoms with Gasteiger partial charge in [-0.1, -0.05) is 25.1 Å². The van der Waals surface area contributed by atoms with E-state index in [1.165, 1.54) is 0 Å². The number of benzene rings is 2. The first-order valence-corrected chi connectivity index (χ1v) is 10.1. The summed E-state index contributed by atoms with van der Waals surface area (Å²) < 4.78 is 11.1. The zero-order valence-corrected chi connectivity index (χ0v) is 18.7. The molecular formula is C24H32N2O4. The van der Waals surface area contributed by atoms with Gasteiger partial charge in [0.15, 0.2) is 6.61 Å². The molecule has 0 unspecified atom stereocenters. The number of carbonyl (C=O) groups is 2. The van der Waals surface area contributed by atoms with Gasteiger partial charge in [0.1, 0.15) is 17.5 Å². The Labute approximate surface area is 179 Å². The van der Waals surface area contributed by atoms with E-state index in [1.54, 1.807) is 19.1 Å². The minimum atomic E-state index is -0.575. The second-order valence-corrected chi connectivity index (χ2v) is 7.40. The Morgan fingerprint density at radius 1 is 1.10 bits per heavy atom. The molecule has 0 aliphatic rings. The lowest BCUT2D eigenvalue weighted by molar-refractivity contribution is -0.142. The number of aryl methyl sites for hydroxylation is 2. The Balaban J connectivity index is 2.23. The van der Waals surface area contributed by atoms with Gasteiger partial charge >= 0.3 is 0 Å². The van der Waals surface area contributed by atoms with E-state index in [4.69, 9.17) is 9.47 Å². The summed E-state index contributed by atoms with van der Waals surface area (Å²) in [6, 6.07) is 10.9. The van der Waals surface area contributed by atoms with Gasteiger partial charge in [0, 0.05) is 13.6 Å². The van der Waals surface area contributed by atoms with Crippen molar-refractivity contribution in [3.8, 4) is 11.5 Å². The van der Waals surface area contributed by atoms with Crippen LogP contribution in [-0.2, 0) is 16.1 Å². The van der Waals surface area contributed by atoms with E-state index in [0.717, 1.165) is 28.0 Å². The van der Waals surface area contributed by atoms with Crippen LogP contribution in [0.25, 0.3) is 0 Å². The SMILES string of the molecule is CC[C@@H](C(=O)NC)N(Cc1ccc(OC)cc1)C(=O)COc1cc(C)cc(C)c1C. The van der Waals surface area contributed by atoms with Gasteiger partial charge in [0.25, 0.3) is 5.91 Å². The number of rotatable bonds is 9. The van der Waals surface area contributed by atoms with Crippen LogP contribution in [-0.4, -0.2) is 43.5 Å². The van der Waals surface area contributed by atoms with Gasteiger partial charge in [-0.3, -0.25) is 9.59 Å². The Morgan fingerprint density at radius 2 is 1.77 bits per heavy atom. The van der Waals surface area contributed by atoms with Crippen LogP contribution in [0.3, 0.4) is 0 Å². The molecule has 0 saturated heterocycles. The summed E-state index contributed by atoms with van der Waals surface area (Å²) in [5.41, 5.74) is 4.11. The lowest BCUT2D eigenvalue weighted by atomic mass is 10.1. The first kappa shape index (κ1) is 23.3. The Hall–Kier alpha value is -3.02. The monoisotopic (exact) mass is 412 g/mol. The molecule has 0 heterocycles. The van der Waals surface area contributed by atoms with Crippen LogP contribution >= 0.6 is 0 Å². The van der Waals surface area contributed by atoms with Gasteiger partial charge in [-0.2, -0.15) is 0 Å². The average molecular weight is 413 g/mol. The van der Waals surface area contributed by atoms with E-state index in [2.05, 4.69) is 11.4 Å². The third-order valence-electron chi connectivity index (χ3n) is 5.26. The molecular weight excluding hydrogens is 380 g/mol. The van der Waals surface area contributed by atoms with Crippen molar-refractivity contribution in [2.75, 3.05) is 20.8 Å². The van der Waals surface area contributed by atoms with Crippen molar-refractivity contribution in [3.05, 3.63) is 58.7 Å². The van der Waals surface area contributed by atoms with Crippen LogP contribution in [0, 0.1) is 20.8 Å². The summed E-state index contributed by atoms with van der Waals surface area (Å²) in [6.45, 7) is 8.06. The largest absolute Gasteiger partial charge is 0.497 e. The fourth-order valence-electron chi connectivity index (χ4n) is 3.39. The molecule has 1 atom stereocenters. The van der Waals surface area contributed by atoms with E-state index in [1.807, 2.05) is 58.0 Å². The predicted octanol–water partition coefficient (Wildman–Crippen LogP) is 3.55. The molecule has 0 radical (unpaired) electrons. The summed E-state index contributed by atoms with van der Waals surface area (Å²) >= 11 is 0. The maximum absolute atomic E-state index is 13.1. The standard InChI is InChI=1S/C24H32N2O4/c1-7-21(24(28)25-5)26(14-19-8-10-20(29-6)11-9-19)23(27)15-30-22-13-16(2)12-17(3)18(22)4/h8-13,21H,7,14-15H2,1-6H3,(H,25,28)/t21-/m0/s1. The maximum Gasteiger partial charge on any atom is 0.261 e. The first-order chi connectivity index (χ1) is 14.3. The molecule has 0 saturated carbocycles.